The lowest BCUT2D eigenvalue weighted by Gasteiger charge is -2.23. The zero-order valence-electron chi connectivity index (χ0n) is 10.1. The molecule has 2 aromatic heterocycles. The minimum absolute atomic E-state index is 0.0300. The van der Waals surface area contributed by atoms with E-state index in [4.69, 9.17) is 4.52 Å². The third kappa shape index (κ3) is 1.84. The first-order valence-corrected chi connectivity index (χ1v) is 6.96. The predicted octanol–water partition coefficient (Wildman–Crippen LogP) is 3.02. The molecule has 1 atom stereocenters. The summed E-state index contributed by atoms with van der Waals surface area (Å²) in [6.07, 6.45) is 3.60. The van der Waals surface area contributed by atoms with Gasteiger partial charge in [0.25, 0.3) is 5.91 Å². The highest BCUT2D eigenvalue weighted by molar-refractivity contribution is 7.07. The van der Waals surface area contributed by atoms with Crippen LogP contribution in [0.5, 0.6) is 0 Å². The number of aromatic nitrogens is 1. The lowest BCUT2D eigenvalue weighted by molar-refractivity contribution is 0.0734. The molecule has 0 aliphatic carbocycles. The van der Waals surface area contributed by atoms with Crippen molar-refractivity contribution in [1.82, 2.24) is 10.1 Å². The molecule has 2 aromatic rings. The molecule has 3 heterocycles. The number of hydrogen-bond donors (Lipinski definition) is 0. The van der Waals surface area contributed by atoms with E-state index in [2.05, 4.69) is 22.0 Å². The summed E-state index contributed by atoms with van der Waals surface area (Å²) in [5.41, 5.74) is 1.82. The van der Waals surface area contributed by atoms with Gasteiger partial charge in [0.1, 0.15) is 11.3 Å². The molecular weight excluding hydrogens is 248 g/mol. The van der Waals surface area contributed by atoms with Gasteiger partial charge < -0.3 is 9.42 Å². The molecule has 1 aliphatic heterocycles. The minimum Gasteiger partial charge on any atom is -0.361 e. The SMILES string of the molecule is Cc1oncc1C(=O)N1CCCC1c1ccsc1. The van der Waals surface area contributed by atoms with Crippen LogP contribution in [0, 0.1) is 6.92 Å². The highest BCUT2D eigenvalue weighted by atomic mass is 32.1. The van der Waals surface area contributed by atoms with Crippen LogP contribution in [-0.2, 0) is 0 Å². The number of carbonyl (C=O) groups excluding carboxylic acids is 1. The van der Waals surface area contributed by atoms with Crippen molar-refractivity contribution in [1.29, 1.82) is 0 Å². The Balaban J connectivity index is 1.88. The molecule has 18 heavy (non-hydrogen) atoms. The minimum atomic E-state index is 0.0300. The van der Waals surface area contributed by atoms with E-state index >= 15 is 0 Å². The van der Waals surface area contributed by atoms with Gasteiger partial charge in [-0.2, -0.15) is 11.3 Å². The van der Waals surface area contributed by atoms with Crippen molar-refractivity contribution in [3.8, 4) is 0 Å². The smallest absolute Gasteiger partial charge is 0.259 e. The van der Waals surface area contributed by atoms with Crippen LogP contribution in [0.15, 0.2) is 27.5 Å². The fourth-order valence-corrected chi connectivity index (χ4v) is 3.19. The first kappa shape index (κ1) is 11.5. The van der Waals surface area contributed by atoms with E-state index in [1.807, 2.05) is 4.90 Å². The molecule has 0 spiro atoms. The zero-order valence-corrected chi connectivity index (χ0v) is 10.9. The van der Waals surface area contributed by atoms with Crippen molar-refractivity contribution in [2.75, 3.05) is 6.54 Å². The topological polar surface area (TPSA) is 46.3 Å². The summed E-state index contributed by atoms with van der Waals surface area (Å²) in [6.45, 7) is 2.58. The fourth-order valence-electron chi connectivity index (χ4n) is 2.48. The molecule has 5 heteroatoms. The van der Waals surface area contributed by atoms with Crippen molar-refractivity contribution in [3.05, 3.63) is 39.9 Å². The molecule has 1 saturated heterocycles. The summed E-state index contributed by atoms with van der Waals surface area (Å²) in [4.78, 5) is 14.4. The molecule has 0 saturated carbocycles. The maximum absolute atomic E-state index is 12.5. The summed E-state index contributed by atoms with van der Waals surface area (Å²) < 4.78 is 4.98. The van der Waals surface area contributed by atoms with Gasteiger partial charge in [-0.15, -0.1) is 0 Å². The molecule has 1 unspecified atom stereocenters. The second-order valence-electron chi connectivity index (χ2n) is 4.51. The Labute approximate surface area is 109 Å². The van der Waals surface area contributed by atoms with E-state index in [9.17, 15) is 4.79 Å². The van der Waals surface area contributed by atoms with Gasteiger partial charge in [-0.05, 0) is 42.2 Å². The van der Waals surface area contributed by atoms with Crippen LogP contribution in [0.3, 0.4) is 0 Å². The second kappa shape index (κ2) is 4.57. The van der Waals surface area contributed by atoms with Gasteiger partial charge in [-0.25, -0.2) is 0 Å². The normalized spacial score (nSPS) is 19.4. The molecule has 1 fully saturated rings. The number of carbonyl (C=O) groups is 1. The highest BCUT2D eigenvalue weighted by Gasteiger charge is 2.32. The second-order valence-corrected chi connectivity index (χ2v) is 5.29. The van der Waals surface area contributed by atoms with Gasteiger partial charge in [0.2, 0.25) is 0 Å². The molecule has 0 aromatic carbocycles. The van der Waals surface area contributed by atoms with Crippen LogP contribution >= 0.6 is 11.3 Å². The molecule has 1 aliphatic rings. The Morgan fingerprint density at radius 1 is 1.61 bits per heavy atom. The number of rotatable bonds is 2. The molecule has 1 amide bonds. The van der Waals surface area contributed by atoms with Crippen molar-refractivity contribution < 1.29 is 9.32 Å². The van der Waals surface area contributed by atoms with Gasteiger partial charge >= 0.3 is 0 Å². The van der Waals surface area contributed by atoms with Crippen LogP contribution < -0.4 is 0 Å². The van der Waals surface area contributed by atoms with Gasteiger partial charge in [-0.3, -0.25) is 4.79 Å². The average molecular weight is 262 g/mol. The van der Waals surface area contributed by atoms with Crippen LogP contribution in [0.25, 0.3) is 0 Å². The van der Waals surface area contributed by atoms with E-state index in [0.717, 1.165) is 19.4 Å². The Morgan fingerprint density at radius 2 is 2.50 bits per heavy atom. The molecule has 94 valence electrons. The summed E-state index contributed by atoms with van der Waals surface area (Å²) in [6, 6.07) is 2.31. The molecule has 0 N–H and O–H groups in total. The first-order valence-electron chi connectivity index (χ1n) is 6.01. The van der Waals surface area contributed by atoms with E-state index in [1.54, 1.807) is 18.3 Å². The maximum Gasteiger partial charge on any atom is 0.259 e. The quantitative estimate of drug-likeness (QED) is 0.835. The monoisotopic (exact) mass is 262 g/mol. The third-order valence-electron chi connectivity index (χ3n) is 3.42. The zero-order chi connectivity index (χ0) is 12.5. The number of nitrogens with zero attached hydrogens (tertiary/aromatic N) is 2. The largest absolute Gasteiger partial charge is 0.361 e. The number of aryl methyl sites for hydroxylation is 1. The van der Waals surface area contributed by atoms with Crippen molar-refractivity contribution in [3.63, 3.8) is 0 Å². The summed E-state index contributed by atoms with van der Waals surface area (Å²) in [7, 11) is 0. The van der Waals surface area contributed by atoms with Crippen LogP contribution in [0.2, 0.25) is 0 Å². The lowest BCUT2D eigenvalue weighted by Crippen LogP contribution is -2.30. The molecule has 4 nitrogen and oxygen atoms in total. The van der Waals surface area contributed by atoms with Crippen LogP contribution in [-0.4, -0.2) is 22.5 Å². The van der Waals surface area contributed by atoms with E-state index in [0.29, 0.717) is 11.3 Å². The summed E-state index contributed by atoms with van der Waals surface area (Å²) in [5.74, 6) is 0.624. The standard InChI is InChI=1S/C13H14N2O2S/c1-9-11(7-14-17-9)13(16)15-5-2-3-12(15)10-4-6-18-8-10/h4,6-8,12H,2-3,5H2,1H3. The van der Waals surface area contributed by atoms with E-state index < -0.39 is 0 Å². The fraction of sp³-hybridized carbons (Fsp3) is 0.385. The third-order valence-corrected chi connectivity index (χ3v) is 4.12. The van der Waals surface area contributed by atoms with Crippen LogP contribution in [0.4, 0.5) is 0 Å². The Morgan fingerprint density at radius 3 is 3.17 bits per heavy atom. The van der Waals surface area contributed by atoms with Crippen molar-refractivity contribution in [2.24, 2.45) is 0 Å². The van der Waals surface area contributed by atoms with Crippen molar-refractivity contribution in [2.45, 2.75) is 25.8 Å². The van der Waals surface area contributed by atoms with Gasteiger partial charge in [0.05, 0.1) is 12.2 Å². The van der Waals surface area contributed by atoms with E-state index in [-0.39, 0.29) is 11.9 Å². The Bertz CT molecular complexity index is 547. The summed E-state index contributed by atoms with van der Waals surface area (Å²) >= 11 is 1.67. The molecular formula is C13H14N2O2S. The molecule has 0 radical (unpaired) electrons. The van der Waals surface area contributed by atoms with E-state index in [1.165, 1.54) is 11.8 Å². The summed E-state index contributed by atoms with van der Waals surface area (Å²) in [5, 5.41) is 7.86. The predicted molar refractivity (Wildman–Crippen MR) is 68.6 cm³/mol. The molecule has 3 rings (SSSR count). The Kier molecular flexibility index (Phi) is 2.91. The van der Waals surface area contributed by atoms with Gasteiger partial charge in [0, 0.05) is 6.54 Å². The first-order chi connectivity index (χ1) is 8.77. The average Bonchev–Trinajstić information content (AvgIpc) is 3.09. The van der Waals surface area contributed by atoms with Gasteiger partial charge in [-0.1, -0.05) is 5.16 Å². The Hall–Kier alpha value is -1.62. The maximum atomic E-state index is 12.5. The highest BCUT2D eigenvalue weighted by Crippen LogP contribution is 2.34. The number of amides is 1. The number of hydrogen-bond acceptors (Lipinski definition) is 4. The number of likely N-dealkylation sites (tertiary alicyclic amines) is 1. The lowest BCUT2D eigenvalue weighted by atomic mass is 10.1. The number of thiophene rings is 1. The van der Waals surface area contributed by atoms with Gasteiger partial charge in [0.15, 0.2) is 0 Å². The van der Waals surface area contributed by atoms with Crippen molar-refractivity contribution >= 4 is 17.2 Å². The van der Waals surface area contributed by atoms with Crippen LogP contribution in [0.1, 0.15) is 40.6 Å². The molecule has 0 bridgehead atoms.